The number of carbonyl (C=O) groups excluding carboxylic acids is 1. The lowest BCUT2D eigenvalue weighted by molar-refractivity contribution is 0.102. The SMILES string of the molecule is N#Cc1c(F)cccc1NC(=O)c1cccnc1. The van der Waals surface area contributed by atoms with Crippen LogP contribution in [0.25, 0.3) is 0 Å². The van der Waals surface area contributed by atoms with Gasteiger partial charge in [-0.15, -0.1) is 0 Å². The summed E-state index contributed by atoms with van der Waals surface area (Å²) in [6.45, 7) is 0. The molecule has 0 aliphatic carbocycles. The number of nitrogens with one attached hydrogen (secondary N) is 1. The molecule has 0 unspecified atom stereocenters. The molecule has 0 bridgehead atoms. The molecule has 0 saturated carbocycles. The number of carbonyl (C=O) groups is 1. The van der Waals surface area contributed by atoms with Crippen LogP contribution in [0.15, 0.2) is 42.7 Å². The predicted molar refractivity (Wildman–Crippen MR) is 63.3 cm³/mol. The zero-order valence-corrected chi connectivity index (χ0v) is 9.22. The lowest BCUT2D eigenvalue weighted by Gasteiger charge is -2.06. The molecule has 1 heterocycles. The zero-order chi connectivity index (χ0) is 13.0. The molecule has 1 aromatic heterocycles. The number of nitriles is 1. The molecule has 2 aromatic rings. The van der Waals surface area contributed by atoms with Crippen LogP contribution in [-0.4, -0.2) is 10.9 Å². The Hall–Kier alpha value is -2.74. The second-order valence-corrected chi connectivity index (χ2v) is 3.47. The first-order chi connectivity index (χ1) is 8.72. The van der Waals surface area contributed by atoms with Crippen LogP contribution in [0.4, 0.5) is 10.1 Å². The standard InChI is InChI=1S/C13H8FN3O/c14-11-4-1-5-12(10(11)7-15)17-13(18)9-3-2-6-16-8-9/h1-6,8H,(H,17,18). The fraction of sp³-hybridized carbons (Fsp3) is 0. The fourth-order valence-electron chi connectivity index (χ4n) is 1.43. The lowest BCUT2D eigenvalue weighted by atomic mass is 10.1. The van der Waals surface area contributed by atoms with Gasteiger partial charge >= 0.3 is 0 Å². The van der Waals surface area contributed by atoms with E-state index in [1.54, 1.807) is 24.4 Å². The Labute approximate surface area is 103 Å². The van der Waals surface area contributed by atoms with Gasteiger partial charge < -0.3 is 5.32 Å². The minimum absolute atomic E-state index is 0.145. The minimum atomic E-state index is -0.665. The van der Waals surface area contributed by atoms with Crippen LogP contribution in [0.3, 0.4) is 0 Å². The first-order valence-corrected chi connectivity index (χ1v) is 5.12. The van der Waals surface area contributed by atoms with Crippen molar-refractivity contribution in [1.82, 2.24) is 4.98 Å². The van der Waals surface area contributed by atoms with Crippen LogP contribution in [0.2, 0.25) is 0 Å². The van der Waals surface area contributed by atoms with E-state index in [2.05, 4.69) is 10.3 Å². The minimum Gasteiger partial charge on any atom is -0.321 e. The van der Waals surface area contributed by atoms with Gasteiger partial charge in [-0.3, -0.25) is 9.78 Å². The van der Waals surface area contributed by atoms with E-state index in [-0.39, 0.29) is 11.3 Å². The Bertz CT molecular complexity index is 620. The topological polar surface area (TPSA) is 65.8 Å². The Kier molecular flexibility index (Phi) is 3.30. The molecular weight excluding hydrogens is 233 g/mol. The summed E-state index contributed by atoms with van der Waals surface area (Å²) in [6.07, 6.45) is 2.93. The maximum absolute atomic E-state index is 13.3. The molecule has 0 aliphatic heterocycles. The van der Waals surface area contributed by atoms with E-state index in [0.717, 1.165) is 6.07 Å². The highest BCUT2D eigenvalue weighted by Gasteiger charge is 2.11. The second-order valence-electron chi connectivity index (χ2n) is 3.47. The van der Waals surface area contributed by atoms with E-state index in [1.807, 2.05) is 0 Å². The van der Waals surface area contributed by atoms with Gasteiger partial charge in [-0.25, -0.2) is 4.39 Å². The maximum atomic E-state index is 13.3. The Morgan fingerprint density at radius 1 is 1.33 bits per heavy atom. The molecule has 0 radical (unpaired) electrons. The van der Waals surface area contributed by atoms with Gasteiger partial charge in [-0.05, 0) is 24.3 Å². The van der Waals surface area contributed by atoms with E-state index >= 15 is 0 Å². The van der Waals surface area contributed by atoms with E-state index < -0.39 is 11.7 Å². The fourth-order valence-corrected chi connectivity index (χ4v) is 1.43. The maximum Gasteiger partial charge on any atom is 0.257 e. The van der Waals surface area contributed by atoms with Crippen molar-refractivity contribution in [3.63, 3.8) is 0 Å². The number of hydrogen-bond donors (Lipinski definition) is 1. The van der Waals surface area contributed by atoms with Crippen molar-refractivity contribution < 1.29 is 9.18 Å². The van der Waals surface area contributed by atoms with Gasteiger partial charge in [0.25, 0.3) is 5.91 Å². The molecular formula is C13H8FN3O. The van der Waals surface area contributed by atoms with Crippen molar-refractivity contribution in [2.45, 2.75) is 0 Å². The van der Waals surface area contributed by atoms with Gasteiger partial charge in [0.05, 0.1) is 11.3 Å². The van der Waals surface area contributed by atoms with E-state index in [0.29, 0.717) is 5.56 Å². The third kappa shape index (κ3) is 2.33. The molecule has 18 heavy (non-hydrogen) atoms. The van der Waals surface area contributed by atoms with Crippen LogP contribution in [0.1, 0.15) is 15.9 Å². The molecule has 0 saturated heterocycles. The van der Waals surface area contributed by atoms with Gasteiger partial charge in [0.15, 0.2) is 0 Å². The first-order valence-electron chi connectivity index (χ1n) is 5.12. The molecule has 4 nitrogen and oxygen atoms in total. The number of halogens is 1. The lowest BCUT2D eigenvalue weighted by Crippen LogP contribution is -2.13. The largest absolute Gasteiger partial charge is 0.321 e. The summed E-state index contributed by atoms with van der Waals surface area (Å²) < 4.78 is 13.3. The van der Waals surface area contributed by atoms with Gasteiger partial charge in [-0.2, -0.15) is 5.26 Å². The predicted octanol–water partition coefficient (Wildman–Crippen LogP) is 2.34. The average molecular weight is 241 g/mol. The van der Waals surface area contributed by atoms with Crippen molar-refractivity contribution in [2.75, 3.05) is 5.32 Å². The molecule has 0 spiro atoms. The Morgan fingerprint density at radius 2 is 2.17 bits per heavy atom. The number of nitrogens with zero attached hydrogens (tertiary/aromatic N) is 2. The van der Waals surface area contributed by atoms with Crippen LogP contribution in [0, 0.1) is 17.1 Å². The third-order valence-electron chi connectivity index (χ3n) is 2.30. The van der Waals surface area contributed by atoms with Crippen molar-refractivity contribution in [3.8, 4) is 6.07 Å². The van der Waals surface area contributed by atoms with Gasteiger partial charge in [0.1, 0.15) is 17.4 Å². The van der Waals surface area contributed by atoms with Crippen LogP contribution < -0.4 is 5.32 Å². The van der Waals surface area contributed by atoms with Crippen LogP contribution in [0.5, 0.6) is 0 Å². The highest BCUT2D eigenvalue weighted by atomic mass is 19.1. The van der Waals surface area contributed by atoms with Crippen LogP contribution in [-0.2, 0) is 0 Å². The summed E-state index contributed by atoms with van der Waals surface area (Å²) in [7, 11) is 0. The van der Waals surface area contributed by atoms with E-state index in [1.165, 1.54) is 18.3 Å². The number of rotatable bonds is 2. The third-order valence-corrected chi connectivity index (χ3v) is 2.30. The molecule has 1 N–H and O–H groups in total. The molecule has 1 amide bonds. The molecule has 5 heteroatoms. The smallest absolute Gasteiger partial charge is 0.257 e. The zero-order valence-electron chi connectivity index (χ0n) is 9.22. The number of anilines is 1. The van der Waals surface area contributed by atoms with E-state index in [4.69, 9.17) is 5.26 Å². The number of hydrogen-bond acceptors (Lipinski definition) is 3. The second kappa shape index (κ2) is 5.06. The Morgan fingerprint density at radius 3 is 2.83 bits per heavy atom. The quantitative estimate of drug-likeness (QED) is 0.877. The summed E-state index contributed by atoms with van der Waals surface area (Å²) >= 11 is 0. The Balaban J connectivity index is 2.29. The highest BCUT2D eigenvalue weighted by Crippen LogP contribution is 2.18. The highest BCUT2D eigenvalue weighted by molar-refractivity contribution is 6.04. The summed E-state index contributed by atoms with van der Waals surface area (Å²) in [5.41, 5.74) is 0.298. The molecule has 0 aliphatic rings. The number of amides is 1. The van der Waals surface area contributed by atoms with Crippen molar-refractivity contribution >= 4 is 11.6 Å². The summed E-state index contributed by atoms with van der Waals surface area (Å²) in [6, 6.07) is 8.97. The number of benzene rings is 1. The van der Waals surface area contributed by atoms with Gasteiger partial charge in [-0.1, -0.05) is 6.07 Å². The average Bonchev–Trinajstić information content (AvgIpc) is 2.40. The molecule has 2 rings (SSSR count). The monoisotopic (exact) mass is 241 g/mol. The van der Waals surface area contributed by atoms with Gasteiger partial charge in [0.2, 0.25) is 0 Å². The normalized spacial score (nSPS) is 9.56. The number of pyridine rings is 1. The molecule has 1 aromatic carbocycles. The first kappa shape index (κ1) is 11.7. The number of aromatic nitrogens is 1. The summed E-state index contributed by atoms with van der Waals surface area (Å²) in [4.78, 5) is 15.6. The van der Waals surface area contributed by atoms with Crippen molar-refractivity contribution in [2.24, 2.45) is 0 Å². The van der Waals surface area contributed by atoms with Crippen LogP contribution >= 0.6 is 0 Å². The summed E-state index contributed by atoms with van der Waals surface area (Å²) in [5.74, 6) is -1.10. The van der Waals surface area contributed by atoms with Gasteiger partial charge in [0, 0.05) is 12.4 Å². The summed E-state index contributed by atoms with van der Waals surface area (Å²) in [5, 5.41) is 11.3. The molecule has 88 valence electrons. The molecule has 0 atom stereocenters. The van der Waals surface area contributed by atoms with Crippen molar-refractivity contribution in [1.29, 1.82) is 5.26 Å². The van der Waals surface area contributed by atoms with E-state index in [9.17, 15) is 9.18 Å². The molecule has 0 fully saturated rings. The van der Waals surface area contributed by atoms with Crippen molar-refractivity contribution in [3.05, 3.63) is 59.7 Å².